The fourth-order valence-electron chi connectivity index (χ4n) is 2.44. The van der Waals surface area contributed by atoms with Gasteiger partial charge < -0.3 is 4.74 Å². The summed E-state index contributed by atoms with van der Waals surface area (Å²) in [5.74, 6) is -0.297. The van der Waals surface area contributed by atoms with Crippen molar-refractivity contribution in [2.75, 3.05) is 5.01 Å². The number of hydrogen-bond acceptors (Lipinski definition) is 3. The predicted octanol–water partition coefficient (Wildman–Crippen LogP) is 3.59. The van der Waals surface area contributed by atoms with Gasteiger partial charge in [-0.05, 0) is 49.8 Å². The average molecular weight is 357 g/mol. The van der Waals surface area contributed by atoms with Gasteiger partial charge in [0.05, 0.1) is 16.8 Å². The zero-order chi connectivity index (χ0) is 18.0. The van der Waals surface area contributed by atoms with Gasteiger partial charge in [-0.1, -0.05) is 35.9 Å². The molecule has 128 valence electrons. The lowest BCUT2D eigenvalue weighted by molar-refractivity contribution is -0.117. The Morgan fingerprint density at radius 1 is 1.12 bits per heavy atom. The Morgan fingerprint density at radius 2 is 1.84 bits per heavy atom. The van der Waals surface area contributed by atoms with Crippen molar-refractivity contribution in [3.8, 4) is 5.75 Å². The third-order valence-corrected chi connectivity index (χ3v) is 3.83. The van der Waals surface area contributed by atoms with Crippen molar-refractivity contribution in [1.29, 1.82) is 0 Å². The Kier molecular flexibility index (Phi) is 4.76. The Labute approximate surface area is 150 Å². The Hall–Kier alpha value is -2.79. The van der Waals surface area contributed by atoms with Crippen molar-refractivity contribution in [3.05, 3.63) is 64.7 Å². The van der Waals surface area contributed by atoms with Gasteiger partial charge in [0.1, 0.15) is 11.3 Å². The molecule has 0 aromatic heterocycles. The van der Waals surface area contributed by atoms with E-state index >= 15 is 0 Å². The minimum Gasteiger partial charge on any atom is -0.489 e. The molecule has 2 aromatic carbocycles. The number of halogens is 1. The first-order valence-corrected chi connectivity index (χ1v) is 8.22. The summed E-state index contributed by atoms with van der Waals surface area (Å²) in [5.41, 5.74) is 3.86. The van der Waals surface area contributed by atoms with E-state index in [4.69, 9.17) is 16.3 Å². The predicted molar refractivity (Wildman–Crippen MR) is 97.3 cm³/mol. The standard InChI is InChI=1S/C19H17ClN2O3/c1-12(2)25-17-9-8-13(11-16(17)20)10-15-18(23)21-22(19(15)24)14-6-4-3-5-7-14/h3-12H,1-2H3,(H,21,23)/b15-10-. The highest BCUT2D eigenvalue weighted by Gasteiger charge is 2.34. The van der Waals surface area contributed by atoms with Crippen LogP contribution in [0.5, 0.6) is 5.75 Å². The first-order chi connectivity index (χ1) is 12.0. The number of rotatable bonds is 4. The summed E-state index contributed by atoms with van der Waals surface area (Å²) in [5, 5.41) is 1.65. The number of para-hydroxylation sites is 1. The molecule has 1 saturated heterocycles. The van der Waals surface area contributed by atoms with E-state index in [1.54, 1.807) is 42.5 Å². The van der Waals surface area contributed by atoms with Gasteiger partial charge in [-0.2, -0.15) is 0 Å². The second-order valence-corrected chi connectivity index (χ2v) is 6.24. The van der Waals surface area contributed by atoms with Crippen LogP contribution in [-0.2, 0) is 9.59 Å². The SMILES string of the molecule is CC(C)Oc1ccc(/C=C2/C(=O)NN(c3ccccc3)C2=O)cc1Cl. The number of hydrogen-bond donors (Lipinski definition) is 1. The molecular weight excluding hydrogens is 340 g/mol. The van der Waals surface area contributed by atoms with Gasteiger partial charge in [-0.15, -0.1) is 0 Å². The number of carbonyl (C=O) groups excluding carboxylic acids is 2. The first kappa shape index (κ1) is 17.0. The Morgan fingerprint density at radius 3 is 2.48 bits per heavy atom. The molecule has 3 rings (SSSR count). The number of nitrogens with zero attached hydrogens (tertiary/aromatic N) is 1. The molecule has 0 bridgehead atoms. The van der Waals surface area contributed by atoms with Gasteiger partial charge in [0, 0.05) is 0 Å². The van der Waals surface area contributed by atoms with Crippen molar-refractivity contribution in [2.24, 2.45) is 0 Å². The maximum atomic E-state index is 12.5. The quantitative estimate of drug-likeness (QED) is 0.672. The molecule has 2 amide bonds. The topological polar surface area (TPSA) is 58.6 Å². The number of amides is 2. The lowest BCUT2D eigenvalue weighted by Crippen LogP contribution is -2.35. The van der Waals surface area contributed by atoms with E-state index in [-0.39, 0.29) is 11.7 Å². The molecule has 2 aromatic rings. The van der Waals surface area contributed by atoms with E-state index in [0.29, 0.717) is 22.0 Å². The van der Waals surface area contributed by atoms with Crippen LogP contribution >= 0.6 is 11.6 Å². The van der Waals surface area contributed by atoms with E-state index in [2.05, 4.69) is 5.43 Å². The van der Waals surface area contributed by atoms with E-state index in [1.807, 2.05) is 19.9 Å². The maximum absolute atomic E-state index is 12.5. The average Bonchev–Trinajstić information content (AvgIpc) is 2.86. The molecule has 1 fully saturated rings. The summed E-state index contributed by atoms with van der Waals surface area (Å²) in [7, 11) is 0. The van der Waals surface area contributed by atoms with Crippen molar-refractivity contribution < 1.29 is 14.3 Å². The van der Waals surface area contributed by atoms with Crippen molar-refractivity contribution in [1.82, 2.24) is 5.43 Å². The summed E-state index contributed by atoms with van der Waals surface area (Å²) in [4.78, 5) is 24.7. The number of carbonyl (C=O) groups is 2. The van der Waals surface area contributed by atoms with E-state index < -0.39 is 11.8 Å². The first-order valence-electron chi connectivity index (χ1n) is 7.84. The van der Waals surface area contributed by atoms with Crippen molar-refractivity contribution in [2.45, 2.75) is 20.0 Å². The fraction of sp³-hybridized carbons (Fsp3) is 0.158. The van der Waals surface area contributed by atoms with Gasteiger partial charge in [0.25, 0.3) is 11.8 Å². The van der Waals surface area contributed by atoms with Crippen LogP contribution in [-0.4, -0.2) is 17.9 Å². The van der Waals surface area contributed by atoms with E-state index in [0.717, 1.165) is 0 Å². The molecule has 0 atom stereocenters. The summed E-state index contributed by atoms with van der Waals surface area (Å²) in [6.45, 7) is 3.82. The van der Waals surface area contributed by atoms with E-state index in [1.165, 1.54) is 11.1 Å². The minimum atomic E-state index is -0.451. The highest BCUT2D eigenvalue weighted by Crippen LogP contribution is 2.28. The molecule has 0 unspecified atom stereocenters. The zero-order valence-corrected chi connectivity index (χ0v) is 14.6. The van der Waals surface area contributed by atoms with Crippen LogP contribution in [0.25, 0.3) is 6.08 Å². The summed E-state index contributed by atoms with van der Waals surface area (Å²) >= 11 is 6.21. The number of anilines is 1. The monoisotopic (exact) mass is 356 g/mol. The molecule has 0 radical (unpaired) electrons. The molecule has 0 saturated carbocycles. The van der Waals surface area contributed by atoms with Gasteiger partial charge in [0.2, 0.25) is 0 Å². The molecule has 6 heteroatoms. The second-order valence-electron chi connectivity index (χ2n) is 5.83. The fourth-order valence-corrected chi connectivity index (χ4v) is 2.67. The van der Waals surface area contributed by atoms with Crippen LogP contribution in [0.4, 0.5) is 5.69 Å². The molecule has 1 aliphatic heterocycles. The van der Waals surface area contributed by atoms with Crippen LogP contribution in [0.3, 0.4) is 0 Å². The summed E-state index contributed by atoms with van der Waals surface area (Å²) in [6, 6.07) is 14.1. The minimum absolute atomic E-state index is 0.00308. The molecule has 0 aliphatic carbocycles. The van der Waals surface area contributed by atoms with Crippen molar-refractivity contribution in [3.63, 3.8) is 0 Å². The summed E-state index contributed by atoms with van der Waals surface area (Å²) in [6.07, 6.45) is 1.52. The Balaban J connectivity index is 1.87. The molecule has 5 nitrogen and oxygen atoms in total. The lowest BCUT2D eigenvalue weighted by Gasteiger charge is -2.13. The summed E-state index contributed by atoms with van der Waals surface area (Å²) < 4.78 is 5.58. The van der Waals surface area contributed by atoms with Gasteiger partial charge in [0.15, 0.2) is 0 Å². The third-order valence-electron chi connectivity index (χ3n) is 3.54. The van der Waals surface area contributed by atoms with Crippen LogP contribution in [0.2, 0.25) is 5.02 Å². The van der Waals surface area contributed by atoms with Crippen LogP contribution in [0.15, 0.2) is 54.1 Å². The number of nitrogens with one attached hydrogen (secondary N) is 1. The van der Waals surface area contributed by atoms with Gasteiger partial charge >= 0.3 is 0 Å². The second kappa shape index (κ2) is 6.99. The normalized spacial score (nSPS) is 15.8. The van der Waals surface area contributed by atoms with E-state index in [9.17, 15) is 9.59 Å². The molecule has 25 heavy (non-hydrogen) atoms. The van der Waals surface area contributed by atoms with Crippen LogP contribution in [0.1, 0.15) is 19.4 Å². The van der Waals surface area contributed by atoms with Crippen LogP contribution in [0, 0.1) is 0 Å². The third kappa shape index (κ3) is 3.67. The van der Waals surface area contributed by atoms with Crippen molar-refractivity contribution >= 4 is 35.2 Å². The largest absolute Gasteiger partial charge is 0.489 e. The number of hydrazine groups is 1. The molecular formula is C19H17ClN2O3. The zero-order valence-electron chi connectivity index (χ0n) is 13.8. The highest BCUT2D eigenvalue weighted by molar-refractivity contribution is 6.33. The smallest absolute Gasteiger partial charge is 0.282 e. The van der Waals surface area contributed by atoms with Gasteiger partial charge in [-0.25, -0.2) is 5.01 Å². The lowest BCUT2D eigenvalue weighted by atomic mass is 10.1. The Bertz CT molecular complexity index is 847. The maximum Gasteiger partial charge on any atom is 0.282 e. The highest BCUT2D eigenvalue weighted by atomic mass is 35.5. The molecule has 1 aliphatic rings. The van der Waals surface area contributed by atoms with Crippen LogP contribution < -0.4 is 15.2 Å². The molecule has 1 N–H and O–H groups in total. The molecule has 0 spiro atoms. The van der Waals surface area contributed by atoms with Gasteiger partial charge in [-0.3, -0.25) is 15.0 Å². The number of benzene rings is 2. The molecule has 1 heterocycles. The number of ether oxygens (including phenoxy) is 1.